The van der Waals surface area contributed by atoms with E-state index in [2.05, 4.69) is 22.1 Å². The van der Waals surface area contributed by atoms with Gasteiger partial charge in [-0.25, -0.2) is 4.98 Å². The molecule has 0 unspecified atom stereocenters. The van der Waals surface area contributed by atoms with Crippen LogP contribution in [0.5, 0.6) is 0 Å². The molecule has 2 heterocycles. The topological polar surface area (TPSA) is 85.3 Å². The average Bonchev–Trinajstić information content (AvgIpc) is 3.38. The van der Waals surface area contributed by atoms with Crippen LogP contribution in [0.1, 0.15) is 41.9 Å². The number of fused-ring (bicyclic) bond motifs is 1. The summed E-state index contributed by atoms with van der Waals surface area (Å²) in [7, 11) is 1.70. The average molecular weight is 390 g/mol. The van der Waals surface area contributed by atoms with Crippen LogP contribution < -0.4 is 0 Å². The van der Waals surface area contributed by atoms with E-state index in [-0.39, 0.29) is 12.5 Å². The van der Waals surface area contributed by atoms with Crippen LogP contribution >= 0.6 is 0 Å². The Morgan fingerprint density at radius 1 is 1.03 bits per heavy atom. The van der Waals surface area contributed by atoms with Gasteiger partial charge in [0.2, 0.25) is 11.8 Å². The first-order valence-corrected chi connectivity index (χ1v) is 9.67. The van der Waals surface area contributed by atoms with Gasteiger partial charge in [-0.05, 0) is 36.8 Å². The Bertz CT molecular complexity index is 1120. The molecule has 0 saturated carbocycles. The van der Waals surface area contributed by atoms with Crippen LogP contribution in [0.25, 0.3) is 22.6 Å². The van der Waals surface area contributed by atoms with E-state index in [1.54, 1.807) is 30.1 Å². The fraction of sp³-hybridized carbons (Fsp3) is 0.273. The number of benzene rings is 2. The van der Waals surface area contributed by atoms with E-state index in [4.69, 9.17) is 8.83 Å². The van der Waals surface area contributed by atoms with Crippen LogP contribution in [0.4, 0.5) is 0 Å². The fourth-order valence-electron chi connectivity index (χ4n) is 3.05. The number of oxazole rings is 1. The molecule has 4 rings (SSSR count). The molecule has 0 aliphatic carbocycles. The van der Waals surface area contributed by atoms with Crippen molar-refractivity contribution in [3.8, 4) is 11.5 Å². The number of hydrogen-bond donors (Lipinski definition) is 0. The van der Waals surface area contributed by atoms with Gasteiger partial charge in [0.1, 0.15) is 5.52 Å². The number of carbonyl (C=O) groups is 1. The van der Waals surface area contributed by atoms with Crippen LogP contribution in [-0.2, 0) is 13.0 Å². The molecule has 0 aliphatic heterocycles. The van der Waals surface area contributed by atoms with E-state index in [0.29, 0.717) is 34.3 Å². The van der Waals surface area contributed by atoms with Gasteiger partial charge < -0.3 is 13.7 Å². The van der Waals surface area contributed by atoms with Crippen molar-refractivity contribution in [2.75, 3.05) is 7.05 Å². The molecule has 2 aromatic heterocycles. The molecule has 1 amide bonds. The highest BCUT2D eigenvalue weighted by atomic mass is 16.4. The van der Waals surface area contributed by atoms with Crippen molar-refractivity contribution in [2.24, 2.45) is 0 Å². The summed E-state index contributed by atoms with van der Waals surface area (Å²) in [6, 6.07) is 14.8. The van der Waals surface area contributed by atoms with Crippen molar-refractivity contribution in [1.82, 2.24) is 20.1 Å². The van der Waals surface area contributed by atoms with Gasteiger partial charge in [0, 0.05) is 24.6 Å². The number of unbranched alkanes of at least 4 members (excludes halogenated alkanes) is 1. The van der Waals surface area contributed by atoms with Crippen molar-refractivity contribution in [2.45, 2.75) is 32.7 Å². The van der Waals surface area contributed by atoms with Crippen molar-refractivity contribution >= 4 is 17.0 Å². The first-order valence-electron chi connectivity index (χ1n) is 9.67. The number of nitrogens with zero attached hydrogens (tertiary/aromatic N) is 4. The number of rotatable bonds is 7. The normalized spacial score (nSPS) is 11.1. The molecule has 0 N–H and O–H groups in total. The monoisotopic (exact) mass is 390 g/mol. The van der Waals surface area contributed by atoms with Gasteiger partial charge in [-0.3, -0.25) is 4.79 Å². The highest BCUT2D eigenvalue weighted by Gasteiger charge is 2.17. The quantitative estimate of drug-likeness (QED) is 0.462. The van der Waals surface area contributed by atoms with Crippen LogP contribution in [-0.4, -0.2) is 33.0 Å². The maximum Gasteiger partial charge on any atom is 0.254 e. The van der Waals surface area contributed by atoms with Gasteiger partial charge in [-0.15, -0.1) is 10.2 Å². The van der Waals surface area contributed by atoms with Gasteiger partial charge >= 0.3 is 0 Å². The Morgan fingerprint density at radius 2 is 1.86 bits per heavy atom. The molecule has 0 saturated heterocycles. The minimum Gasteiger partial charge on any atom is -0.441 e. The van der Waals surface area contributed by atoms with Crippen molar-refractivity contribution in [3.63, 3.8) is 0 Å². The van der Waals surface area contributed by atoms with Crippen molar-refractivity contribution in [1.29, 1.82) is 0 Å². The minimum absolute atomic E-state index is 0.149. The smallest absolute Gasteiger partial charge is 0.254 e. The van der Waals surface area contributed by atoms with Crippen LogP contribution in [0.15, 0.2) is 57.4 Å². The zero-order chi connectivity index (χ0) is 20.2. The second-order valence-corrected chi connectivity index (χ2v) is 6.92. The third-order valence-corrected chi connectivity index (χ3v) is 4.63. The van der Waals surface area contributed by atoms with Gasteiger partial charge in [0.05, 0.1) is 6.54 Å². The van der Waals surface area contributed by atoms with Crippen LogP contribution in [0, 0.1) is 0 Å². The molecule has 7 nitrogen and oxygen atoms in total. The summed E-state index contributed by atoms with van der Waals surface area (Å²) in [6.45, 7) is 2.35. The number of aromatic nitrogens is 3. The lowest BCUT2D eigenvalue weighted by atomic mass is 10.2. The molecule has 0 fully saturated rings. The summed E-state index contributed by atoms with van der Waals surface area (Å²) in [5.41, 5.74) is 2.77. The van der Waals surface area contributed by atoms with E-state index >= 15 is 0 Å². The first kappa shape index (κ1) is 18.9. The summed E-state index contributed by atoms with van der Waals surface area (Å²) in [4.78, 5) is 18.9. The summed E-state index contributed by atoms with van der Waals surface area (Å²) in [5.74, 6) is 1.37. The van der Waals surface area contributed by atoms with E-state index in [9.17, 15) is 4.79 Å². The third kappa shape index (κ3) is 4.18. The summed E-state index contributed by atoms with van der Waals surface area (Å²) in [5, 5.41) is 8.12. The number of hydrogen-bond acceptors (Lipinski definition) is 6. The van der Waals surface area contributed by atoms with Crippen molar-refractivity contribution < 1.29 is 13.6 Å². The molecule has 148 valence electrons. The Morgan fingerprint density at radius 3 is 2.66 bits per heavy atom. The lowest BCUT2D eigenvalue weighted by molar-refractivity contribution is 0.0773. The molecule has 4 aromatic rings. The standard InChI is InChI=1S/C22H22N4O3/c1-3-4-10-19-23-17-13-16(11-12-18(17)28-19)22(27)26(2)14-20-24-25-21(29-20)15-8-6-5-7-9-15/h5-9,11-13H,3-4,10,14H2,1-2H3. The van der Waals surface area contributed by atoms with E-state index < -0.39 is 0 Å². The third-order valence-electron chi connectivity index (χ3n) is 4.63. The Balaban J connectivity index is 1.47. The van der Waals surface area contributed by atoms with Gasteiger partial charge in [0.15, 0.2) is 11.5 Å². The molecular weight excluding hydrogens is 368 g/mol. The zero-order valence-electron chi connectivity index (χ0n) is 16.5. The fourth-order valence-corrected chi connectivity index (χ4v) is 3.05. The van der Waals surface area contributed by atoms with Gasteiger partial charge in [-0.1, -0.05) is 31.5 Å². The Labute approximate surface area is 168 Å². The van der Waals surface area contributed by atoms with Gasteiger partial charge in [0.25, 0.3) is 5.91 Å². The molecule has 0 spiro atoms. The molecule has 0 bridgehead atoms. The highest BCUT2D eigenvalue weighted by Crippen LogP contribution is 2.21. The van der Waals surface area contributed by atoms with Crippen molar-refractivity contribution in [3.05, 3.63) is 65.9 Å². The molecular formula is C22H22N4O3. The first-order chi connectivity index (χ1) is 14.1. The lowest BCUT2D eigenvalue weighted by Gasteiger charge is -2.14. The van der Waals surface area contributed by atoms with E-state index in [1.807, 2.05) is 30.3 Å². The second kappa shape index (κ2) is 8.26. The summed E-state index contributed by atoms with van der Waals surface area (Å²) >= 11 is 0. The zero-order valence-corrected chi connectivity index (χ0v) is 16.5. The number of aryl methyl sites for hydroxylation is 1. The molecule has 2 aromatic carbocycles. The van der Waals surface area contributed by atoms with E-state index in [0.717, 1.165) is 24.8 Å². The molecule has 29 heavy (non-hydrogen) atoms. The molecule has 0 atom stereocenters. The predicted octanol–water partition coefficient (Wildman–Crippen LogP) is 4.49. The highest BCUT2D eigenvalue weighted by molar-refractivity contribution is 5.96. The molecule has 7 heteroatoms. The summed E-state index contributed by atoms with van der Waals surface area (Å²) < 4.78 is 11.4. The van der Waals surface area contributed by atoms with E-state index in [1.165, 1.54) is 0 Å². The number of amides is 1. The van der Waals surface area contributed by atoms with Gasteiger partial charge in [-0.2, -0.15) is 0 Å². The predicted molar refractivity (Wildman–Crippen MR) is 108 cm³/mol. The molecule has 0 aliphatic rings. The number of carbonyl (C=O) groups excluding carboxylic acids is 1. The second-order valence-electron chi connectivity index (χ2n) is 6.92. The SMILES string of the molecule is CCCCc1nc2cc(C(=O)N(C)Cc3nnc(-c4ccccc4)o3)ccc2o1. The van der Waals surface area contributed by atoms with Crippen LogP contribution in [0.3, 0.4) is 0 Å². The van der Waals surface area contributed by atoms with Crippen LogP contribution in [0.2, 0.25) is 0 Å². The Hall–Kier alpha value is -3.48. The maximum atomic E-state index is 12.8. The lowest BCUT2D eigenvalue weighted by Crippen LogP contribution is -2.26. The largest absolute Gasteiger partial charge is 0.441 e. The maximum absolute atomic E-state index is 12.8. The molecule has 0 radical (unpaired) electrons. The summed E-state index contributed by atoms with van der Waals surface area (Å²) in [6.07, 6.45) is 2.90. The minimum atomic E-state index is -0.149. The Kier molecular flexibility index (Phi) is 5.37.